The predicted molar refractivity (Wildman–Crippen MR) is 77.3 cm³/mol. The molecular weight excluding hydrogens is 236 g/mol. The van der Waals surface area contributed by atoms with Crippen molar-refractivity contribution in [2.45, 2.75) is 44.4 Å². The van der Waals surface area contributed by atoms with E-state index in [4.69, 9.17) is 5.11 Å². The van der Waals surface area contributed by atoms with Gasteiger partial charge in [-0.2, -0.15) is 0 Å². The van der Waals surface area contributed by atoms with Crippen LogP contribution < -0.4 is 0 Å². The second kappa shape index (κ2) is 6.16. The van der Waals surface area contributed by atoms with Gasteiger partial charge in [-0.3, -0.25) is 4.79 Å². The molecule has 0 heterocycles. The number of benzene rings is 1. The number of aliphatic hydroxyl groups is 1. The van der Waals surface area contributed by atoms with Gasteiger partial charge in [-0.05, 0) is 54.9 Å². The lowest BCUT2D eigenvalue weighted by Gasteiger charge is -2.34. The summed E-state index contributed by atoms with van der Waals surface area (Å²) in [5.74, 6) is 0. The van der Waals surface area contributed by atoms with Gasteiger partial charge in [0.1, 0.15) is 6.29 Å². The maximum absolute atomic E-state index is 10.6. The molecule has 1 N–H and O–H groups in total. The Morgan fingerprint density at radius 3 is 3.00 bits per heavy atom. The number of hydrogen-bond acceptors (Lipinski definition) is 2. The molecule has 0 saturated heterocycles. The second-order valence-corrected chi connectivity index (χ2v) is 5.58. The van der Waals surface area contributed by atoms with Crippen LogP contribution >= 0.6 is 0 Å². The van der Waals surface area contributed by atoms with Gasteiger partial charge < -0.3 is 5.11 Å². The van der Waals surface area contributed by atoms with Crippen molar-refractivity contribution < 1.29 is 9.90 Å². The van der Waals surface area contributed by atoms with Crippen molar-refractivity contribution >= 4 is 6.29 Å². The van der Waals surface area contributed by atoms with Crippen LogP contribution in [0.4, 0.5) is 0 Å². The zero-order valence-electron chi connectivity index (χ0n) is 11.6. The fourth-order valence-corrected chi connectivity index (χ4v) is 3.02. The second-order valence-electron chi connectivity index (χ2n) is 5.58. The third kappa shape index (κ3) is 3.13. The van der Waals surface area contributed by atoms with Gasteiger partial charge in [-0.25, -0.2) is 0 Å². The topological polar surface area (TPSA) is 37.3 Å². The van der Waals surface area contributed by atoms with E-state index in [0.717, 1.165) is 32.0 Å². The van der Waals surface area contributed by atoms with Gasteiger partial charge in [0.05, 0.1) is 0 Å². The molecule has 19 heavy (non-hydrogen) atoms. The Balaban J connectivity index is 2.34. The Bertz CT molecular complexity index is 476. The molecule has 2 heteroatoms. The van der Waals surface area contributed by atoms with Gasteiger partial charge in [0.2, 0.25) is 0 Å². The molecule has 1 atom stereocenters. The van der Waals surface area contributed by atoms with E-state index in [9.17, 15) is 4.79 Å². The van der Waals surface area contributed by atoms with Gasteiger partial charge in [-0.1, -0.05) is 31.2 Å². The first kappa shape index (κ1) is 14.0. The predicted octanol–water partition coefficient (Wildman–Crippen LogP) is 2.96. The summed E-state index contributed by atoms with van der Waals surface area (Å²) < 4.78 is 0. The Labute approximate surface area is 115 Å². The average Bonchev–Trinajstić information content (AvgIpc) is 2.44. The lowest BCUT2D eigenvalue weighted by molar-refractivity contribution is -0.104. The van der Waals surface area contributed by atoms with E-state index >= 15 is 0 Å². The summed E-state index contributed by atoms with van der Waals surface area (Å²) in [6, 6.07) is 6.65. The van der Waals surface area contributed by atoms with Crippen LogP contribution in [0.5, 0.6) is 0 Å². The molecule has 2 nitrogen and oxygen atoms in total. The maximum atomic E-state index is 10.6. The summed E-state index contributed by atoms with van der Waals surface area (Å²) in [5.41, 5.74) is 4.01. The molecule has 1 aromatic rings. The summed E-state index contributed by atoms with van der Waals surface area (Å²) >= 11 is 0. The highest BCUT2D eigenvalue weighted by molar-refractivity contribution is 5.65. The Morgan fingerprint density at radius 1 is 1.42 bits per heavy atom. The molecule has 1 aliphatic carbocycles. The van der Waals surface area contributed by atoms with E-state index in [-0.39, 0.29) is 12.0 Å². The van der Waals surface area contributed by atoms with Crippen molar-refractivity contribution in [3.05, 3.63) is 47.0 Å². The van der Waals surface area contributed by atoms with Crippen LogP contribution in [0.25, 0.3) is 0 Å². The minimum Gasteiger partial charge on any atom is -0.396 e. The van der Waals surface area contributed by atoms with E-state index < -0.39 is 0 Å². The number of aliphatic hydroxyl groups excluding tert-OH is 1. The van der Waals surface area contributed by atoms with Crippen LogP contribution in [0.15, 0.2) is 30.4 Å². The molecule has 0 aromatic heterocycles. The summed E-state index contributed by atoms with van der Waals surface area (Å²) in [5, 5.41) is 8.93. The van der Waals surface area contributed by atoms with Crippen LogP contribution in [0.2, 0.25) is 0 Å². The number of rotatable bonds is 5. The zero-order valence-corrected chi connectivity index (χ0v) is 11.6. The molecule has 0 amide bonds. The SMILES string of the molecule is CC1(C=CC=O)CCCc2ccc(CCCO)cc21. The van der Waals surface area contributed by atoms with Gasteiger partial charge in [-0.15, -0.1) is 0 Å². The lowest BCUT2D eigenvalue weighted by Crippen LogP contribution is -2.25. The minimum absolute atomic E-state index is 0.0241. The number of allylic oxidation sites excluding steroid dienone is 2. The van der Waals surface area contributed by atoms with Crippen molar-refractivity contribution in [3.63, 3.8) is 0 Å². The molecular formula is C17H22O2. The quantitative estimate of drug-likeness (QED) is 0.651. The molecule has 1 unspecified atom stereocenters. The van der Waals surface area contributed by atoms with Gasteiger partial charge in [0.25, 0.3) is 0 Å². The number of carbonyl (C=O) groups is 1. The van der Waals surface area contributed by atoms with E-state index in [1.165, 1.54) is 23.1 Å². The van der Waals surface area contributed by atoms with Crippen LogP contribution in [-0.4, -0.2) is 18.0 Å². The van der Waals surface area contributed by atoms with E-state index in [2.05, 4.69) is 25.1 Å². The average molecular weight is 258 g/mol. The first-order chi connectivity index (χ1) is 9.19. The molecule has 0 bridgehead atoms. The summed E-state index contributed by atoms with van der Waals surface area (Å²) in [6.07, 6.45) is 9.62. The molecule has 102 valence electrons. The smallest absolute Gasteiger partial charge is 0.142 e. The molecule has 0 radical (unpaired) electrons. The molecule has 0 saturated carbocycles. The van der Waals surface area contributed by atoms with Crippen LogP contribution in [-0.2, 0) is 23.1 Å². The van der Waals surface area contributed by atoms with Gasteiger partial charge >= 0.3 is 0 Å². The van der Waals surface area contributed by atoms with Crippen molar-refractivity contribution in [1.29, 1.82) is 0 Å². The first-order valence-corrected chi connectivity index (χ1v) is 7.06. The maximum Gasteiger partial charge on any atom is 0.142 e. The molecule has 1 aliphatic rings. The van der Waals surface area contributed by atoms with E-state index in [1.54, 1.807) is 6.08 Å². The third-order valence-electron chi connectivity index (χ3n) is 4.10. The summed E-state index contributed by atoms with van der Waals surface area (Å²) in [7, 11) is 0. The normalized spacial score (nSPS) is 22.4. The summed E-state index contributed by atoms with van der Waals surface area (Å²) in [4.78, 5) is 10.6. The largest absolute Gasteiger partial charge is 0.396 e. The number of carbonyl (C=O) groups excluding carboxylic acids is 1. The van der Waals surface area contributed by atoms with Crippen LogP contribution in [0, 0.1) is 0 Å². The number of fused-ring (bicyclic) bond motifs is 1. The standard InChI is InChI=1S/C17H22O2/c1-17(10-4-12-19)9-2-6-15-8-7-14(5-3-11-18)13-16(15)17/h4,7-8,10,12-13,18H,2-3,5-6,9,11H2,1H3. The highest BCUT2D eigenvalue weighted by Crippen LogP contribution is 2.38. The summed E-state index contributed by atoms with van der Waals surface area (Å²) in [6.45, 7) is 2.44. The Hall–Kier alpha value is -1.41. The van der Waals surface area contributed by atoms with Crippen molar-refractivity contribution in [2.75, 3.05) is 6.61 Å². The third-order valence-corrected chi connectivity index (χ3v) is 4.10. The Kier molecular flexibility index (Phi) is 4.54. The minimum atomic E-state index is -0.0241. The molecule has 1 aromatic carbocycles. The number of aryl methyl sites for hydroxylation is 2. The fourth-order valence-electron chi connectivity index (χ4n) is 3.02. The van der Waals surface area contributed by atoms with Gasteiger partial charge in [0, 0.05) is 12.0 Å². The highest BCUT2D eigenvalue weighted by Gasteiger charge is 2.29. The monoisotopic (exact) mass is 258 g/mol. The van der Waals surface area contributed by atoms with Crippen LogP contribution in [0.3, 0.4) is 0 Å². The van der Waals surface area contributed by atoms with E-state index in [1.807, 2.05) is 6.08 Å². The zero-order chi connectivity index (χ0) is 13.7. The number of hydrogen-bond donors (Lipinski definition) is 1. The van der Waals surface area contributed by atoms with Crippen molar-refractivity contribution in [2.24, 2.45) is 0 Å². The highest BCUT2D eigenvalue weighted by atomic mass is 16.2. The Morgan fingerprint density at radius 2 is 2.26 bits per heavy atom. The van der Waals surface area contributed by atoms with Gasteiger partial charge in [0.15, 0.2) is 0 Å². The first-order valence-electron chi connectivity index (χ1n) is 7.06. The molecule has 0 fully saturated rings. The fraction of sp³-hybridized carbons (Fsp3) is 0.471. The molecule has 2 rings (SSSR count). The van der Waals surface area contributed by atoms with Crippen molar-refractivity contribution in [1.82, 2.24) is 0 Å². The molecule has 0 aliphatic heterocycles. The molecule has 0 spiro atoms. The number of aldehydes is 1. The van der Waals surface area contributed by atoms with Crippen LogP contribution in [0.1, 0.15) is 42.9 Å². The van der Waals surface area contributed by atoms with E-state index in [0.29, 0.717) is 0 Å². The lowest BCUT2D eigenvalue weighted by atomic mass is 9.70. The van der Waals surface area contributed by atoms with Crippen molar-refractivity contribution in [3.8, 4) is 0 Å².